The van der Waals surface area contributed by atoms with Crippen LogP contribution in [0.25, 0.3) is 99.1 Å². The average molecular weight is 665 g/mol. The van der Waals surface area contributed by atoms with Gasteiger partial charge in [0.15, 0.2) is 5.82 Å². The van der Waals surface area contributed by atoms with Gasteiger partial charge in [0.1, 0.15) is 17.2 Å². The topological polar surface area (TPSA) is 122 Å². The van der Waals surface area contributed by atoms with E-state index in [1.54, 1.807) is 54.7 Å². The Morgan fingerprint density at radius 1 is 0.600 bits per heavy atom. The Balaban J connectivity index is 1.48. The molecule has 0 saturated heterocycles. The Morgan fingerprint density at radius 2 is 1.42 bits per heavy atom. The summed E-state index contributed by atoms with van der Waals surface area (Å²) in [7, 11) is 0. The molecule has 0 spiro atoms. The summed E-state index contributed by atoms with van der Waals surface area (Å²) < 4.78 is 7.61. The lowest BCUT2D eigenvalue weighted by Gasteiger charge is -2.19. The number of imidazole rings is 1. The van der Waals surface area contributed by atoms with Crippen molar-refractivity contribution in [3.63, 3.8) is 0 Å². The zero-order valence-corrected chi connectivity index (χ0v) is 27.0. The molecular weight excluding hydrogens is 641 g/mol. The molecule has 3 aromatic carbocycles. The van der Waals surface area contributed by atoms with Gasteiger partial charge >= 0.3 is 0 Å². The highest BCUT2D eigenvalue weighted by molar-refractivity contribution is 7.23. The predicted molar refractivity (Wildman–Crippen MR) is 197 cm³/mol. The molecule has 9 nitrogen and oxygen atoms in total. The fraction of sp³-hybridized carbons (Fsp3) is 0. The maximum Gasteiger partial charge on any atom is 0.160 e. The van der Waals surface area contributed by atoms with Crippen molar-refractivity contribution >= 4 is 43.3 Å². The highest BCUT2D eigenvalue weighted by atomic mass is 32.1. The first-order valence-corrected chi connectivity index (χ1v) is 16.8. The van der Waals surface area contributed by atoms with Gasteiger partial charge < -0.3 is 14.4 Å². The Hall–Kier alpha value is -6.78. The van der Waals surface area contributed by atoms with Crippen molar-refractivity contribution in [2.45, 2.75) is 0 Å². The number of nitrogens with zero attached hydrogens (tertiary/aromatic N) is 6. The average Bonchev–Trinajstić information content (AvgIpc) is 4.00. The number of hydrogen-bond acceptors (Lipinski definition) is 8. The molecule has 0 saturated carbocycles. The number of para-hydroxylation sites is 2. The number of rotatable bonds is 6. The SMILES string of the molecule is c1ccc(-c2c(-c3ncccn3)c(-c3cnccn3)c3c(-c4cc5ccccc5[nH]4)c(-c4cc5ccccc5o4)sc3c2-c2ncc[nH]2)nc1. The van der Waals surface area contributed by atoms with E-state index >= 15 is 0 Å². The summed E-state index contributed by atoms with van der Waals surface area (Å²) in [4.78, 5) is 37.0. The van der Waals surface area contributed by atoms with E-state index in [1.165, 1.54) is 0 Å². The van der Waals surface area contributed by atoms with Crippen LogP contribution in [-0.2, 0) is 0 Å². The molecule has 0 unspecified atom stereocenters. The second-order valence-corrected chi connectivity index (χ2v) is 12.8. The molecule has 236 valence electrons. The number of H-pyrrole nitrogens is 2. The van der Waals surface area contributed by atoms with E-state index in [0.717, 1.165) is 81.8 Å². The minimum atomic E-state index is 0.530. The van der Waals surface area contributed by atoms with Crippen LogP contribution in [0.1, 0.15) is 0 Å². The molecule has 10 aromatic rings. The first kappa shape index (κ1) is 28.3. The van der Waals surface area contributed by atoms with Gasteiger partial charge in [-0.1, -0.05) is 42.5 Å². The van der Waals surface area contributed by atoms with Gasteiger partial charge in [0.2, 0.25) is 0 Å². The Labute approximate surface area is 288 Å². The number of aromatic amines is 2. The molecule has 10 rings (SSSR count). The quantitative estimate of drug-likeness (QED) is 0.181. The van der Waals surface area contributed by atoms with Gasteiger partial charge in [-0.15, -0.1) is 11.3 Å². The van der Waals surface area contributed by atoms with Crippen molar-refractivity contribution in [1.82, 2.24) is 39.9 Å². The molecule has 10 heteroatoms. The molecule has 0 bridgehead atoms. The molecule has 0 radical (unpaired) electrons. The molecule has 7 heterocycles. The molecule has 2 N–H and O–H groups in total. The molecule has 7 aromatic heterocycles. The Bertz CT molecular complexity index is 2740. The monoisotopic (exact) mass is 664 g/mol. The first-order chi connectivity index (χ1) is 24.8. The molecule has 0 atom stereocenters. The zero-order valence-electron chi connectivity index (χ0n) is 26.2. The highest BCUT2D eigenvalue weighted by Crippen LogP contribution is 2.57. The van der Waals surface area contributed by atoms with Crippen molar-refractivity contribution in [1.29, 1.82) is 0 Å². The van der Waals surface area contributed by atoms with E-state index < -0.39 is 0 Å². The summed E-state index contributed by atoms with van der Waals surface area (Å²) in [5, 5.41) is 3.07. The summed E-state index contributed by atoms with van der Waals surface area (Å²) in [6, 6.07) is 28.4. The smallest absolute Gasteiger partial charge is 0.160 e. The highest BCUT2D eigenvalue weighted by Gasteiger charge is 2.33. The van der Waals surface area contributed by atoms with Gasteiger partial charge in [0, 0.05) is 103 Å². The van der Waals surface area contributed by atoms with Crippen LogP contribution in [0, 0.1) is 0 Å². The lowest BCUT2D eigenvalue weighted by molar-refractivity contribution is 0.633. The lowest BCUT2D eigenvalue weighted by atomic mass is 9.86. The summed E-state index contributed by atoms with van der Waals surface area (Å²) in [5.41, 5.74) is 8.50. The lowest BCUT2D eigenvalue weighted by Crippen LogP contribution is -2.01. The number of thiophene rings is 1. The third-order valence-electron chi connectivity index (χ3n) is 8.85. The van der Waals surface area contributed by atoms with Gasteiger partial charge in [0.25, 0.3) is 0 Å². The Morgan fingerprint density at radius 3 is 2.20 bits per heavy atom. The maximum atomic E-state index is 6.63. The molecule has 0 aliphatic heterocycles. The number of benzene rings is 3. The second kappa shape index (κ2) is 11.4. The summed E-state index contributed by atoms with van der Waals surface area (Å²) in [5.74, 6) is 1.98. The maximum absolute atomic E-state index is 6.63. The van der Waals surface area contributed by atoms with Crippen molar-refractivity contribution < 1.29 is 4.42 Å². The van der Waals surface area contributed by atoms with E-state index in [0.29, 0.717) is 17.3 Å². The Kier molecular flexibility index (Phi) is 6.46. The summed E-state index contributed by atoms with van der Waals surface area (Å²) in [6.07, 6.45) is 14.1. The number of furan rings is 1. The predicted octanol–water partition coefficient (Wildman–Crippen LogP) is 9.83. The van der Waals surface area contributed by atoms with Crippen LogP contribution in [0.3, 0.4) is 0 Å². The standard InChI is InChI=1S/C40H24N8OS/c1-3-10-25-23(8-1)20-27(48-25)33-34-32(28-22-41-16-17-43-28)35(39-44-14-7-15-45-39)31(26-11-5-6-13-42-26)36(40-46-18-19-47-40)38(34)50-37(33)30-21-24-9-2-4-12-29(24)49-30/h1-22,48H,(H,46,47). The summed E-state index contributed by atoms with van der Waals surface area (Å²) in [6.45, 7) is 0. The van der Waals surface area contributed by atoms with Gasteiger partial charge in [-0.2, -0.15) is 0 Å². The molecular formula is C40H24N8OS. The van der Waals surface area contributed by atoms with Crippen LogP contribution in [0.4, 0.5) is 0 Å². The minimum Gasteiger partial charge on any atom is -0.455 e. The normalized spacial score (nSPS) is 11.6. The number of fused-ring (bicyclic) bond motifs is 3. The molecule has 0 amide bonds. The van der Waals surface area contributed by atoms with E-state index in [4.69, 9.17) is 29.3 Å². The fourth-order valence-electron chi connectivity index (χ4n) is 6.80. The first-order valence-electron chi connectivity index (χ1n) is 16.0. The number of nitrogens with one attached hydrogen (secondary N) is 2. The molecule has 0 aliphatic rings. The van der Waals surface area contributed by atoms with Crippen LogP contribution in [-0.4, -0.2) is 39.9 Å². The van der Waals surface area contributed by atoms with E-state index in [-0.39, 0.29) is 0 Å². The fourth-order valence-corrected chi connectivity index (χ4v) is 8.12. The van der Waals surface area contributed by atoms with Crippen LogP contribution in [0.5, 0.6) is 0 Å². The van der Waals surface area contributed by atoms with Crippen molar-refractivity contribution in [3.05, 3.63) is 135 Å². The van der Waals surface area contributed by atoms with Crippen molar-refractivity contribution in [2.75, 3.05) is 0 Å². The van der Waals surface area contributed by atoms with Gasteiger partial charge in [0.05, 0.1) is 22.5 Å². The molecule has 50 heavy (non-hydrogen) atoms. The largest absolute Gasteiger partial charge is 0.455 e. The van der Waals surface area contributed by atoms with Crippen molar-refractivity contribution in [3.8, 4) is 67.2 Å². The van der Waals surface area contributed by atoms with Crippen LogP contribution < -0.4 is 0 Å². The summed E-state index contributed by atoms with van der Waals surface area (Å²) >= 11 is 1.65. The van der Waals surface area contributed by atoms with E-state index in [1.807, 2.05) is 54.7 Å². The van der Waals surface area contributed by atoms with E-state index in [9.17, 15) is 0 Å². The third kappa shape index (κ3) is 4.46. The second-order valence-electron chi connectivity index (χ2n) is 11.7. The van der Waals surface area contributed by atoms with Gasteiger partial charge in [-0.3, -0.25) is 15.0 Å². The van der Waals surface area contributed by atoms with Crippen LogP contribution >= 0.6 is 11.3 Å². The van der Waals surface area contributed by atoms with Crippen LogP contribution in [0.2, 0.25) is 0 Å². The molecule has 0 aliphatic carbocycles. The minimum absolute atomic E-state index is 0.530. The van der Waals surface area contributed by atoms with E-state index in [2.05, 4.69) is 51.4 Å². The van der Waals surface area contributed by atoms with Crippen molar-refractivity contribution in [2.24, 2.45) is 0 Å². The molecule has 0 fully saturated rings. The van der Waals surface area contributed by atoms with Gasteiger partial charge in [-0.05, 0) is 42.5 Å². The zero-order chi connectivity index (χ0) is 33.0. The van der Waals surface area contributed by atoms with Gasteiger partial charge in [-0.25, -0.2) is 15.0 Å². The number of pyridine rings is 1. The van der Waals surface area contributed by atoms with Crippen LogP contribution in [0.15, 0.2) is 139 Å². The number of aromatic nitrogens is 8. The third-order valence-corrected chi connectivity index (χ3v) is 10.1. The number of hydrogen-bond donors (Lipinski definition) is 2.